The van der Waals surface area contributed by atoms with Gasteiger partial charge in [-0.25, -0.2) is 4.79 Å². The standard InChI is InChI=1S/C10H9BrN2O2S/c1-12-4-2-9(14)13(10(12)15)6-8-7(11)3-5-16-8/h2-5H,6H2,1H3. The number of hydrogen-bond acceptors (Lipinski definition) is 3. The Balaban J connectivity index is 2.51. The van der Waals surface area contributed by atoms with Gasteiger partial charge in [0.25, 0.3) is 5.56 Å². The minimum absolute atomic E-state index is 0.275. The Bertz CT molecular complexity index is 626. The van der Waals surface area contributed by atoms with E-state index in [0.29, 0.717) is 6.54 Å². The minimum Gasteiger partial charge on any atom is -0.303 e. The summed E-state index contributed by atoms with van der Waals surface area (Å²) in [5.41, 5.74) is -0.573. The van der Waals surface area contributed by atoms with Crippen molar-refractivity contribution < 1.29 is 0 Å². The predicted molar refractivity (Wildman–Crippen MR) is 67.1 cm³/mol. The summed E-state index contributed by atoms with van der Waals surface area (Å²) in [4.78, 5) is 24.3. The molecule has 0 aliphatic rings. The van der Waals surface area contributed by atoms with E-state index in [2.05, 4.69) is 15.9 Å². The molecule has 0 radical (unpaired) electrons. The number of hydrogen-bond donors (Lipinski definition) is 0. The Morgan fingerprint density at radius 1 is 1.38 bits per heavy atom. The highest BCUT2D eigenvalue weighted by Crippen LogP contribution is 2.22. The van der Waals surface area contributed by atoms with Crippen LogP contribution in [0.15, 0.2) is 37.8 Å². The van der Waals surface area contributed by atoms with E-state index in [1.165, 1.54) is 32.7 Å². The summed E-state index contributed by atoms with van der Waals surface area (Å²) in [5.74, 6) is 0. The Morgan fingerprint density at radius 3 is 2.75 bits per heavy atom. The summed E-state index contributed by atoms with van der Waals surface area (Å²) in [7, 11) is 1.63. The van der Waals surface area contributed by atoms with Gasteiger partial charge in [0.2, 0.25) is 0 Å². The van der Waals surface area contributed by atoms with E-state index in [-0.39, 0.29) is 11.2 Å². The van der Waals surface area contributed by atoms with Gasteiger partial charge in [-0.1, -0.05) is 0 Å². The Morgan fingerprint density at radius 2 is 2.12 bits per heavy atom. The summed E-state index contributed by atoms with van der Waals surface area (Å²) in [6.45, 7) is 0.310. The SMILES string of the molecule is Cn1ccc(=O)n(Cc2sccc2Br)c1=O. The van der Waals surface area contributed by atoms with Crippen molar-refractivity contribution in [3.05, 3.63) is 53.9 Å². The lowest BCUT2D eigenvalue weighted by Crippen LogP contribution is -2.38. The van der Waals surface area contributed by atoms with Gasteiger partial charge in [0.1, 0.15) is 0 Å². The molecule has 6 heteroatoms. The van der Waals surface area contributed by atoms with Gasteiger partial charge in [0, 0.05) is 28.7 Å². The van der Waals surface area contributed by atoms with Crippen LogP contribution in [-0.2, 0) is 13.6 Å². The van der Waals surface area contributed by atoms with Crippen LogP contribution in [0.1, 0.15) is 4.88 Å². The largest absolute Gasteiger partial charge is 0.331 e. The first-order chi connectivity index (χ1) is 7.59. The molecule has 16 heavy (non-hydrogen) atoms. The van der Waals surface area contributed by atoms with E-state index in [9.17, 15) is 9.59 Å². The van der Waals surface area contributed by atoms with Gasteiger partial charge in [-0.15, -0.1) is 11.3 Å². The zero-order valence-corrected chi connectivity index (χ0v) is 10.9. The van der Waals surface area contributed by atoms with Crippen molar-refractivity contribution in [3.63, 3.8) is 0 Å². The average molecular weight is 301 g/mol. The van der Waals surface area contributed by atoms with Gasteiger partial charge in [0.15, 0.2) is 0 Å². The van der Waals surface area contributed by atoms with Crippen molar-refractivity contribution in [1.29, 1.82) is 0 Å². The zero-order chi connectivity index (χ0) is 11.7. The molecule has 84 valence electrons. The summed E-state index contributed by atoms with van der Waals surface area (Å²) in [6, 6.07) is 3.29. The molecule has 4 nitrogen and oxygen atoms in total. The summed E-state index contributed by atoms with van der Waals surface area (Å²) >= 11 is 4.89. The molecule has 0 fully saturated rings. The molecule has 2 aromatic heterocycles. The molecule has 0 aromatic carbocycles. The Kier molecular flexibility index (Phi) is 3.11. The molecule has 2 heterocycles. The number of nitrogens with zero attached hydrogens (tertiary/aromatic N) is 2. The van der Waals surface area contributed by atoms with Crippen LogP contribution >= 0.6 is 27.3 Å². The van der Waals surface area contributed by atoms with Crippen LogP contribution in [0.4, 0.5) is 0 Å². The van der Waals surface area contributed by atoms with Gasteiger partial charge in [0.05, 0.1) is 6.54 Å². The first kappa shape index (κ1) is 11.3. The van der Waals surface area contributed by atoms with Crippen LogP contribution in [0.5, 0.6) is 0 Å². The number of rotatable bonds is 2. The smallest absolute Gasteiger partial charge is 0.303 e. The molecule has 0 spiro atoms. The molecular weight excluding hydrogens is 292 g/mol. The average Bonchev–Trinajstić information content (AvgIpc) is 2.65. The highest BCUT2D eigenvalue weighted by atomic mass is 79.9. The van der Waals surface area contributed by atoms with Crippen molar-refractivity contribution in [1.82, 2.24) is 9.13 Å². The Hall–Kier alpha value is -1.14. The lowest BCUT2D eigenvalue weighted by atomic mass is 10.4. The van der Waals surface area contributed by atoms with Crippen LogP contribution in [-0.4, -0.2) is 9.13 Å². The first-order valence-electron chi connectivity index (χ1n) is 4.58. The van der Waals surface area contributed by atoms with Gasteiger partial charge in [-0.05, 0) is 27.4 Å². The molecule has 0 saturated heterocycles. The van der Waals surface area contributed by atoms with E-state index >= 15 is 0 Å². The quantitative estimate of drug-likeness (QED) is 0.842. The fraction of sp³-hybridized carbons (Fsp3) is 0.200. The fourth-order valence-corrected chi connectivity index (χ4v) is 2.81. The lowest BCUT2D eigenvalue weighted by molar-refractivity contribution is 0.643. The molecule has 0 atom stereocenters. The van der Waals surface area contributed by atoms with Gasteiger partial charge < -0.3 is 4.57 Å². The molecular formula is C10H9BrN2O2S. The third-order valence-electron chi connectivity index (χ3n) is 2.23. The molecule has 0 aliphatic carbocycles. The van der Waals surface area contributed by atoms with Crippen LogP contribution in [0.25, 0.3) is 0 Å². The normalized spacial score (nSPS) is 10.6. The highest BCUT2D eigenvalue weighted by Gasteiger charge is 2.07. The van der Waals surface area contributed by atoms with E-state index in [0.717, 1.165) is 9.35 Å². The summed E-state index contributed by atoms with van der Waals surface area (Å²) < 4.78 is 3.54. The molecule has 2 aromatic rings. The van der Waals surface area contributed by atoms with Crippen molar-refractivity contribution in [2.45, 2.75) is 6.54 Å². The molecule has 0 amide bonds. The third kappa shape index (κ3) is 2.03. The second-order valence-corrected chi connectivity index (χ2v) is 5.18. The second kappa shape index (κ2) is 4.39. The molecule has 0 saturated carbocycles. The third-order valence-corrected chi connectivity index (χ3v) is 4.14. The van der Waals surface area contributed by atoms with Gasteiger partial charge in [-0.2, -0.15) is 0 Å². The van der Waals surface area contributed by atoms with Crippen molar-refractivity contribution in [2.24, 2.45) is 7.05 Å². The van der Waals surface area contributed by atoms with Crippen molar-refractivity contribution in [2.75, 3.05) is 0 Å². The molecule has 0 unspecified atom stereocenters. The number of halogens is 1. The van der Waals surface area contributed by atoms with E-state index in [1.54, 1.807) is 7.05 Å². The highest BCUT2D eigenvalue weighted by molar-refractivity contribution is 9.10. The monoisotopic (exact) mass is 300 g/mol. The van der Waals surface area contributed by atoms with Crippen LogP contribution in [0.2, 0.25) is 0 Å². The zero-order valence-electron chi connectivity index (χ0n) is 8.51. The maximum atomic E-state index is 11.7. The van der Waals surface area contributed by atoms with Gasteiger partial charge >= 0.3 is 5.69 Å². The second-order valence-electron chi connectivity index (χ2n) is 3.33. The van der Waals surface area contributed by atoms with E-state index in [1.807, 2.05) is 11.4 Å². The van der Waals surface area contributed by atoms with Crippen molar-refractivity contribution in [3.8, 4) is 0 Å². The minimum atomic E-state index is -0.298. The summed E-state index contributed by atoms with van der Waals surface area (Å²) in [5, 5.41) is 1.91. The fourth-order valence-electron chi connectivity index (χ4n) is 1.34. The molecule has 2 rings (SSSR count). The molecule has 0 bridgehead atoms. The lowest BCUT2D eigenvalue weighted by Gasteiger charge is -2.05. The van der Waals surface area contributed by atoms with E-state index < -0.39 is 0 Å². The van der Waals surface area contributed by atoms with Gasteiger partial charge in [-0.3, -0.25) is 9.36 Å². The van der Waals surface area contributed by atoms with Crippen LogP contribution in [0, 0.1) is 0 Å². The molecule has 0 N–H and O–H groups in total. The maximum Gasteiger partial charge on any atom is 0.331 e. The predicted octanol–water partition coefficient (Wildman–Crippen LogP) is 1.42. The molecule has 0 aliphatic heterocycles. The first-order valence-corrected chi connectivity index (χ1v) is 6.25. The maximum absolute atomic E-state index is 11.7. The van der Waals surface area contributed by atoms with Crippen molar-refractivity contribution >= 4 is 27.3 Å². The van der Waals surface area contributed by atoms with E-state index in [4.69, 9.17) is 0 Å². The Labute approximate surface area is 104 Å². The number of thiophene rings is 1. The topological polar surface area (TPSA) is 44.0 Å². The number of aryl methyl sites for hydroxylation is 1. The number of aromatic nitrogens is 2. The van der Waals surface area contributed by atoms with Crippen LogP contribution < -0.4 is 11.2 Å². The van der Waals surface area contributed by atoms with Crippen LogP contribution in [0.3, 0.4) is 0 Å². The summed E-state index contributed by atoms with van der Waals surface area (Å²) in [6.07, 6.45) is 1.48.